The summed E-state index contributed by atoms with van der Waals surface area (Å²) in [5.41, 5.74) is -0.383. The van der Waals surface area contributed by atoms with Crippen LogP contribution in [0, 0.1) is 28.6 Å². The molecule has 0 unspecified atom stereocenters. The smallest absolute Gasteiger partial charge is 0.375 e. The van der Waals surface area contributed by atoms with E-state index in [-0.39, 0.29) is 46.2 Å². The van der Waals surface area contributed by atoms with Gasteiger partial charge in [-0.3, -0.25) is 9.59 Å². The summed E-state index contributed by atoms with van der Waals surface area (Å²) in [7, 11) is 0. The number of para-hydroxylation sites is 1. The summed E-state index contributed by atoms with van der Waals surface area (Å²) in [5, 5.41) is 13.7. The molecule has 0 bridgehead atoms. The molecule has 3 saturated carbocycles. The van der Waals surface area contributed by atoms with E-state index in [2.05, 4.69) is 13.8 Å². The van der Waals surface area contributed by atoms with Gasteiger partial charge in [-0.05, 0) is 92.0 Å². The largest absolute Gasteiger partial charge is 0.457 e. The Morgan fingerprint density at radius 2 is 1.91 bits per heavy atom. The Morgan fingerprint density at radius 1 is 1.07 bits per heavy atom. The molecule has 1 N–H and O–H groups in total. The van der Waals surface area contributed by atoms with Crippen molar-refractivity contribution in [2.75, 3.05) is 5.75 Å². The van der Waals surface area contributed by atoms with E-state index in [0.29, 0.717) is 19.3 Å². The number of ether oxygens (including phenoxy) is 1. The number of ketones is 2. The lowest BCUT2D eigenvalue weighted by Gasteiger charge is -2.60. The summed E-state index contributed by atoms with van der Waals surface area (Å²) < 4.78 is 11.7. The molecule has 0 spiro atoms. The number of thioether (sulfide) groups is 1. The number of carbonyl (C=O) groups excluding carboxylic acids is 3. The van der Waals surface area contributed by atoms with Crippen LogP contribution in [0.5, 0.6) is 0 Å². The van der Waals surface area contributed by atoms with E-state index in [1.54, 1.807) is 12.1 Å². The number of Topliss-reactive ketones (excluding diaryl/α,β-unsaturated/α-hetero) is 1. The first-order chi connectivity index (χ1) is 20.6. The van der Waals surface area contributed by atoms with Gasteiger partial charge in [-0.1, -0.05) is 55.4 Å². The van der Waals surface area contributed by atoms with Gasteiger partial charge < -0.3 is 14.3 Å². The number of allylic oxidation sites excluding steroid dienone is 1. The molecule has 4 aliphatic carbocycles. The Bertz CT molecular complexity index is 1630. The van der Waals surface area contributed by atoms with E-state index in [9.17, 15) is 19.5 Å². The van der Waals surface area contributed by atoms with Gasteiger partial charge in [0.15, 0.2) is 17.2 Å². The SMILES string of the molecule is C[C@]12CCC(=O)C=C1CC[C@@H]1[C@@H]2[C@@H](O)C[C@@]2(C)[C@H]1CC[C@]2(OC(=O)c1ccco1)C(=O)CSc1ccc2ccccc2n1. The average molecular weight is 600 g/mol. The van der Waals surface area contributed by atoms with Crippen LogP contribution < -0.4 is 0 Å². The van der Waals surface area contributed by atoms with Crippen LogP contribution in [-0.4, -0.2) is 45.1 Å². The van der Waals surface area contributed by atoms with Gasteiger partial charge in [-0.15, -0.1) is 0 Å². The summed E-state index contributed by atoms with van der Waals surface area (Å²) in [6.07, 6.45) is 6.96. The number of nitrogens with zero attached hydrogens (tertiary/aromatic N) is 1. The molecule has 0 amide bonds. The average Bonchev–Trinajstić information content (AvgIpc) is 3.63. The van der Waals surface area contributed by atoms with Gasteiger partial charge in [0.05, 0.1) is 28.7 Å². The van der Waals surface area contributed by atoms with Gasteiger partial charge in [0, 0.05) is 17.2 Å². The van der Waals surface area contributed by atoms with Crippen LogP contribution in [0.1, 0.15) is 69.3 Å². The highest BCUT2D eigenvalue weighted by atomic mass is 32.2. The number of furan rings is 1. The van der Waals surface area contributed by atoms with Gasteiger partial charge in [0.1, 0.15) is 0 Å². The molecule has 3 fully saturated rings. The molecule has 224 valence electrons. The lowest BCUT2D eigenvalue weighted by atomic mass is 9.45. The van der Waals surface area contributed by atoms with Crippen LogP contribution in [-0.2, 0) is 14.3 Å². The van der Waals surface area contributed by atoms with E-state index >= 15 is 0 Å². The number of esters is 1. The minimum absolute atomic E-state index is 0.00141. The molecular formula is C35H37NO6S. The number of pyridine rings is 1. The van der Waals surface area contributed by atoms with Crippen molar-refractivity contribution in [3.8, 4) is 0 Å². The first-order valence-corrected chi connectivity index (χ1v) is 16.3. The van der Waals surface area contributed by atoms with E-state index in [0.717, 1.165) is 47.2 Å². The van der Waals surface area contributed by atoms with E-state index in [4.69, 9.17) is 14.1 Å². The molecule has 7 rings (SSSR count). The Labute approximate surface area is 255 Å². The number of carbonyl (C=O) groups is 3. The fourth-order valence-corrected chi connectivity index (χ4v) is 10.2. The third kappa shape index (κ3) is 4.43. The van der Waals surface area contributed by atoms with E-state index in [1.165, 1.54) is 18.0 Å². The highest BCUT2D eigenvalue weighted by molar-refractivity contribution is 7.99. The third-order valence-electron chi connectivity index (χ3n) is 11.4. The highest BCUT2D eigenvalue weighted by Gasteiger charge is 2.70. The number of aliphatic hydroxyl groups excluding tert-OH is 1. The molecule has 3 aromatic rings. The van der Waals surface area contributed by atoms with Gasteiger partial charge in [-0.2, -0.15) is 0 Å². The van der Waals surface area contributed by atoms with Gasteiger partial charge >= 0.3 is 5.97 Å². The number of aliphatic hydroxyl groups is 1. The Kier molecular flexibility index (Phi) is 6.93. The first kappa shape index (κ1) is 28.5. The van der Waals surface area contributed by atoms with Gasteiger partial charge in [-0.25, -0.2) is 9.78 Å². The van der Waals surface area contributed by atoms with Crippen molar-refractivity contribution < 1.29 is 28.6 Å². The fourth-order valence-electron chi connectivity index (χ4n) is 9.34. The summed E-state index contributed by atoms with van der Waals surface area (Å²) in [5.74, 6) is -0.229. The standard InChI is InChI=1S/C35H37NO6S/c1-33-15-13-23(37)18-22(33)10-11-24-25-14-16-35(34(25,2)19-27(38)31(24)33,42-32(40)28-8-5-17-41-28)29(39)20-43-30-12-9-21-6-3-4-7-26(21)36-30/h3-9,12,17-18,24-25,27,31,38H,10-11,13-16,19-20H2,1-2H3/t24-,25-,27-,31+,33-,34-,35-/m0/s1. The molecule has 0 radical (unpaired) electrons. The van der Waals surface area contributed by atoms with Crippen molar-refractivity contribution in [2.24, 2.45) is 28.6 Å². The predicted molar refractivity (Wildman–Crippen MR) is 162 cm³/mol. The Balaban J connectivity index is 1.22. The summed E-state index contributed by atoms with van der Waals surface area (Å²) in [4.78, 5) is 45.0. The molecule has 0 saturated heterocycles. The monoisotopic (exact) mass is 599 g/mol. The minimum atomic E-state index is -1.41. The van der Waals surface area contributed by atoms with Crippen LogP contribution in [0.4, 0.5) is 0 Å². The fraction of sp³-hybridized carbons (Fsp3) is 0.486. The van der Waals surface area contributed by atoms with E-state index < -0.39 is 23.1 Å². The van der Waals surface area contributed by atoms with Crippen molar-refractivity contribution in [1.29, 1.82) is 0 Å². The van der Waals surface area contributed by atoms with Crippen molar-refractivity contribution in [1.82, 2.24) is 4.98 Å². The number of hydrogen-bond donors (Lipinski definition) is 1. The molecule has 2 heterocycles. The van der Waals surface area contributed by atoms with Crippen LogP contribution in [0.2, 0.25) is 0 Å². The second kappa shape index (κ2) is 10.4. The summed E-state index contributed by atoms with van der Waals surface area (Å²) in [6, 6.07) is 14.9. The number of aromatic nitrogens is 1. The van der Waals surface area contributed by atoms with Gasteiger partial charge in [0.25, 0.3) is 0 Å². The quantitative estimate of drug-likeness (QED) is 0.250. The zero-order chi connectivity index (χ0) is 30.0. The first-order valence-electron chi connectivity index (χ1n) is 15.4. The lowest BCUT2D eigenvalue weighted by Crippen LogP contribution is -2.63. The van der Waals surface area contributed by atoms with Crippen molar-refractivity contribution in [3.05, 3.63) is 72.2 Å². The van der Waals surface area contributed by atoms with E-state index in [1.807, 2.05) is 42.5 Å². The van der Waals surface area contributed by atoms with Gasteiger partial charge in [0.2, 0.25) is 5.76 Å². The Morgan fingerprint density at radius 3 is 2.72 bits per heavy atom. The topological polar surface area (TPSA) is 107 Å². The molecular weight excluding hydrogens is 562 g/mol. The molecule has 1 aromatic carbocycles. The predicted octanol–water partition coefficient (Wildman–Crippen LogP) is 6.59. The molecule has 2 aromatic heterocycles. The summed E-state index contributed by atoms with van der Waals surface area (Å²) in [6.45, 7) is 4.26. The molecule has 8 heteroatoms. The second-order valence-corrected chi connectivity index (χ2v) is 14.4. The van der Waals surface area contributed by atoms with Crippen molar-refractivity contribution >= 4 is 40.2 Å². The molecule has 4 aliphatic rings. The molecule has 43 heavy (non-hydrogen) atoms. The third-order valence-corrected chi connectivity index (χ3v) is 12.3. The molecule has 7 nitrogen and oxygen atoms in total. The number of hydrogen-bond acceptors (Lipinski definition) is 8. The maximum Gasteiger partial charge on any atom is 0.375 e. The van der Waals surface area contributed by atoms with Crippen LogP contribution >= 0.6 is 11.8 Å². The number of fused-ring (bicyclic) bond motifs is 6. The lowest BCUT2D eigenvalue weighted by molar-refractivity contribution is -0.180. The maximum absolute atomic E-state index is 14.5. The second-order valence-electron chi connectivity index (χ2n) is 13.4. The Hall–Kier alpha value is -3.23. The van der Waals surface area contributed by atoms with Crippen molar-refractivity contribution in [3.63, 3.8) is 0 Å². The zero-order valence-corrected chi connectivity index (χ0v) is 25.4. The number of rotatable bonds is 6. The van der Waals surface area contributed by atoms with Crippen LogP contribution in [0.3, 0.4) is 0 Å². The minimum Gasteiger partial charge on any atom is -0.457 e. The van der Waals surface area contributed by atoms with Crippen molar-refractivity contribution in [2.45, 2.75) is 75.5 Å². The van der Waals surface area contributed by atoms with Crippen LogP contribution in [0.15, 0.2) is 75.9 Å². The maximum atomic E-state index is 14.5. The zero-order valence-electron chi connectivity index (χ0n) is 24.6. The molecule has 7 atom stereocenters. The molecule has 0 aliphatic heterocycles. The highest BCUT2D eigenvalue weighted by Crippen LogP contribution is 2.68. The number of benzene rings is 1. The summed E-state index contributed by atoms with van der Waals surface area (Å²) >= 11 is 1.35. The normalized spacial score (nSPS) is 35.0. The van der Waals surface area contributed by atoms with Crippen LogP contribution in [0.25, 0.3) is 10.9 Å².